The topological polar surface area (TPSA) is 98.8 Å². The SMILES string of the molecule is CN(C)CCNC(=O)CNC(=O)c1ccc(S(=O)(=O)N2CCCC2)cc1. The number of rotatable bonds is 8. The molecule has 2 rings (SSSR count). The Morgan fingerprint density at radius 3 is 2.27 bits per heavy atom. The van der Waals surface area contributed by atoms with Crippen molar-refractivity contribution in [2.75, 3.05) is 46.8 Å². The van der Waals surface area contributed by atoms with Crippen molar-refractivity contribution in [3.8, 4) is 0 Å². The van der Waals surface area contributed by atoms with Crippen LogP contribution in [0.15, 0.2) is 29.2 Å². The van der Waals surface area contributed by atoms with Crippen molar-refractivity contribution in [3.63, 3.8) is 0 Å². The molecule has 2 amide bonds. The Morgan fingerprint density at radius 1 is 1.08 bits per heavy atom. The average molecular weight is 382 g/mol. The van der Waals surface area contributed by atoms with Crippen molar-refractivity contribution in [2.45, 2.75) is 17.7 Å². The summed E-state index contributed by atoms with van der Waals surface area (Å²) in [4.78, 5) is 25.9. The summed E-state index contributed by atoms with van der Waals surface area (Å²) in [7, 11) is 0.318. The number of carbonyl (C=O) groups excluding carboxylic acids is 2. The molecule has 144 valence electrons. The Morgan fingerprint density at radius 2 is 1.69 bits per heavy atom. The van der Waals surface area contributed by atoms with Crippen LogP contribution in [-0.2, 0) is 14.8 Å². The van der Waals surface area contributed by atoms with Gasteiger partial charge in [0, 0.05) is 31.7 Å². The van der Waals surface area contributed by atoms with Crippen LogP contribution in [0.25, 0.3) is 0 Å². The third-order valence-corrected chi connectivity index (χ3v) is 6.02. The molecule has 0 spiro atoms. The van der Waals surface area contributed by atoms with Crippen molar-refractivity contribution in [1.29, 1.82) is 0 Å². The van der Waals surface area contributed by atoms with Crippen molar-refractivity contribution in [1.82, 2.24) is 19.8 Å². The number of benzene rings is 1. The second kappa shape index (κ2) is 9.11. The minimum Gasteiger partial charge on any atom is -0.353 e. The molecule has 0 saturated carbocycles. The second-order valence-electron chi connectivity index (χ2n) is 6.47. The van der Waals surface area contributed by atoms with Crippen molar-refractivity contribution in [2.24, 2.45) is 0 Å². The minimum atomic E-state index is -3.49. The number of carbonyl (C=O) groups is 2. The Bertz CT molecular complexity index is 726. The van der Waals surface area contributed by atoms with Crippen LogP contribution in [0.1, 0.15) is 23.2 Å². The van der Waals surface area contributed by atoms with Crippen LogP contribution in [-0.4, -0.2) is 76.3 Å². The van der Waals surface area contributed by atoms with Gasteiger partial charge in [0.05, 0.1) is 11.4 Å². The van der Waals surface area contributed by atoms with Gasteiger partial charge >= 0.3 is 0 Å². The van der Waals surface area contributed by atoms with E-state index in [0.717, 1.165) is 12.8 Å². The fourth-order valence-electron chi connectivity index (χ4n) is 2.60. The van der Waals surface area contributed by atoms with E-state index in [1.54, 1.807) is 0 Å². The highest BCUT2D eigenvalue weighted by molar-refractivity contribution is 7.89. The van der Waals surface area contributed by atoms with Gasteiger partial charge in [0.15, 0.2) is 0 Å². The van der Waals surface area contributed by atoms with E-state index in [2.05, 4.69) is 10.6 Å². The molecular weight excluding hydrogens is 356 g/mol. The molecular formula is C17H26N4O4S. The van der Waals surface area contributed by atoms with E-state index in [-0.39, 0.29) is 17.3 Å². The first-order chi connectivity index (χ1) is 12.3. The van der Waals surface area contributed by atoms with E-state index in [9.17, 15) is 18.0 Å². The minimum absolute atomic E-state index is 0.125. The van der Waals surface area contributed by atoms with E-state index < -0.39 is 15.9 Å². The summed E-state index contributed by atoms with van der Waals surface area (Å²) in [6.45, 7) is 2.17. The second-order valence-corrected chi connectivity index (χ2v) is 8.41. The lowest BCUT2D eigenvalue weighted by molar-refractivity contribution is -0.120. The van der Waals surface area contributed by atoms with Gasteiger partial charge in [0.25, 0.3) is 5.91 Å². The van der Waals surface area contributed by atoms with Crippen LogP contribution in [0.5, 0.6) is 0 Å². The van der Waals surface area contributed by atoms with Crippen LogP contribution < -0.4 is 10.6 Å². The molecule has 1 aliphatic heterocycles. The number of sulfonamides is 1. The molecule has 0 unspecified atom stereocenters. The molecule has 0 aromatic heterocycles. The third kappa shape index (κ3) is 5.52. The van der Waals surface area contributed by atoms with Crippen molar-refractivity contribution < 1.29 is 18.0 Å². The highest BCUT2D eigenvalue weighted by Crippen LogP contribution is 2.21. The Labute approximate surface area is 154 Å². The predicted molar refractivity (Wildman–Crippen MR) is 98.3 cm³/mol. The molecule has 0 atom stereocenters. The molecule has 1 aliphatic rings. The zero-order valence-electron chi connectivity index (χ0n) is 15.2. The lowest BCUT2D eigenvalue weighted by atomic mass is 10.2. The molecule has 2 N–H and O–H groups in total. The first-order valence-corrected chi connectivity index (χ1v) is 10.0. The fraction of sp³-hybridized carbons (Fsp3) is 0.529. The molecule has 9 heteroatoms. The van der Waals surface area contributed by atoms with Crippen molar-refractivity contribution >= 4 is 21.8 Å². The van der Waals surface area contributed by atoms with Crippen LogP contribution in [0.2, 0.25) is 0 Å². The van der Waals surface area contributed by atoms with Gasteiger partial charge in [-0.1, -0.05) is 0 Å². The lowest BCUT2D eigenvalue weighted by Gasteiger charge is -2.15. The maximum atomic E-state index is 12.4. The summed E-state index contributed by atoms with van der Waals surface area (Å²) in [5, 5.41) is 5.23. The zero-order chi connectivity index (χ0) is 19.2. The van der Waals surface area contributed by atoms with Gasteiger partial charge in [-0.2, -0.15) is 4.31 Å². The third-order valence-electron chi connectivity index (χ3n) is 4.11. The molecule has 0 aliphatic carbocycles. The molecule has 1 aromatic carbocycles. The summed E-state index contributed by atoms with van der Waals surface area (Å²) in [6, 6.07) is 5.78. The predicted octanol–water partition coefficient (Wildman–Crippen LogP) is -0.121. The van der Waals surface area contributed by atoms with Gasteiger partial charge in [0.1, 0.15) is 0 Å². The van der Waals surface area contributed by atoms with E-state index in [1.165, 1.54) is 28.6 Å². The van der Waals surface area contributed by atoms with E-state index >= 15 is 0 Å². The number of nitrogens with one attached hydrogen (secondary N) is 2. The molecule has 1 saturated heterocycles. The maximum absolute atomic E-state index is 12.4. The molecule has 0 radical (unpaired) electrons. The van der Waals surface area contributed by atoms with Crippen LogP contribution >= 0.6 is 0 Å². The highest BCUT2D eigenvalue weighted by Gasteiger charge is 2.27. The monoisotopic (exact) mass is 382 g/mol. The number of hydrogen-bond acceptors (Lipinski definition) is 5. The standard InChI is InChI=1S/C17H26N4O4S/c1-20(2)12-9-18-16(22)13-19-17(23)14-5-7-15(8-6-14)26(24,25)21-10-3-4-11-21/h5-8H,3-4,9-13H2,1-2H3,(H,18,22)(H,19,23). The highest BCUT2D eigenvalue weighted by atomic mass is 32.2. The Kier molecular flexibility index (Phi) is 7.13. The van der Waals surface area contributed by atoms with Gasteiger partial charge in [-0.25, -0.2) is 8.42 Å². The van der Waals surface area contributed by atoms with E-state index in [0.29, 0.717) is 31.7 Å². The van der Waals surface area contributed by atoms with Crippen LogP contribution in [0.4, 0.5) is 0 Å². The van der Waals surface area contributed by atoms with Gasteiger partial charge in [-0.05, 0) is 51.2 Å². The van der Waals surface area contributed by atoms with Gasteiger partial charge in [-0.3, -0.25) is 9.59 Å². The first kappa shape index (κ1) is 20.3. The Balaban J connectivity index is 1.87. The molecule has 8 nitrogen and oxygen atoms in total. The molecule has 26 heavy (non-hydrogen) atoms. The smallest absolute Gasteiger partial charge is 0.251 e. The maximum Gasteiger partial charge on any atom is 0.251 e. The lowest BCUT2D eigenvalue weighted by Crippen LogP contribution is -2.39. The van der Waals surface area contributed by atoms with Gasteiger partial charge in [-0.15, -0.1) is 0 Å². The van der Waals surface area contributed by atoms with Crippen LogP contribution in [0.3, 0.4) is 0 Å². The normalized spacial score (nSPS) is 15.2. The number of hydrogen-bond donors (Lipinski definition) is 2. The summed E-state index contributed by atoms with van der Waals surface area (Å²) in [6.07, 6.45) is 1.74. The van der Waals surface area contributed by atoms with Gasteiger partial charge < -0.3 is 15.5 Å². The number of likely N-dealkylation sites (N-methyl/N-ethyl adjacent to an activating group) is 1. The van der Waals surface area contributed by atoms with Crippen LogP contribution in [0, 0.1) is 0 Å². The summed E-state index contributed by atoms with van der Waals surface area (Å²) < 4.78 is 26.4. The van der Waals surface area contributed by atoms with E-state index in [1.807, 2.05) is 19.0 Å². The first-order valence-electron chi connectivity index (χ1n) is 8.60. The summed E-state index contributed by atoms with van der Waals surface area (Å²) in [5.74, 6) is -0.689. The number of amides is 2. The molecule has 0 bridgehead atoms. The summed E-state index contributed by atoms with van der Waals surface area (Å²) >= 11 is 0. The molecule has 1 aromatic rings. The van der Waals surface area contributed by atoms with Crippen molar-refractivity contribution in [3.05, 3.63) is 29.8 Å². The molecule has 1 fully saturated rings. The summed E-state index contributed by atoms with van der Waals surface area (Å²) in [5.41, 5.74) is 0.312. The average Bonchev–Trinajstić information content (AvgIpc) is 3.15. The largest absolute Gasteiger partial charge is 0.353 e. The quantitative estimate of drug-likeness (QED) is 0.653. The zero-order valence-corrected chi connectivity index (χ0v) is 16.0. The van der Waals surface area contributed by atoms with E-state index in [4.69, 9.17) is 0 Å². The fourth-order valence-corrected chi connectivity index (χ4v) is 4.12. The van der Waals surface area contributed by atoms with Gasteiger partial charge in [0.2, 0.25) is 15.9 Å². The number of nitrogens with zero attached hydrogens (tertiary/aromatic N) is 2. The Hall–Kier alpha value is -1.97. The molecule has 1 heterocycles.